The molecule has 1 aromatic heterocycles. The minimum absolute atomic E-state index is 0. The Labute approximate surface area is 156 Å². The number of aromatic nitrogens is 1. The third-order valence-corrected chi connectivity index (χ3v) is 3.50. The fourth-order valence-corrected chi connectivity index (χ4v) is 2.20. The Bertz CT molecular complexity index is 456. The molecular weight excluding hydrogens is 361 g/mol. The largest absolute Gasteiger partial charge is 0.354 e. The lowest BCUT2D eigenvalue weighted by atomic mass is 10.2. The first kappa shape index (κ1) is 24.5. The van der Waals surface area contributed by atoms with Gasteiger partial charge < -0.3 is 20.9 Å². The van der Waals surface area contributed by atoms with E-state index < -0.39 is 0 Å². The number of nitrogens with one attached hydrogen (secondary N) is 1. The Morgan fingerprint density at radius 2 is 1.91 bits per heavy atom. The van der Waals surface area contributed by atoms with Crippen LogP contribution >= 0.6 is 37.2 Å². The highest BCUT2D eigenvalue weighted by Gasteiger charge is 2.15. The molecule has 1 fully saturated rings. The van der Waals surface area contributed by atoms with Crippen LogP contribution in [0.4, 0.5) is 5.82 Å². The van der Waals surface area contributed by atoms with Gasteiger partial charge in [-0.2, -0.15) is 0 Å². The first-order valence-electron chi connectivity index (χ1n) is 7.04. The van der Waals surface area contributed by atoms with Crippen molar-refractivity contribution in [3.63, 3.8) is 0 Å². The predicted molar refractivity (Wildman–Crippen MR) is 101 cm³/mol. The van der Waals surface area contributed by atoms with Gasteiger partial charge in [0.1, 0.15) is 5.82 Å². The second kappa shape index (κ2) is 12.6. The number of hydrogen-bond acceptors (Lipinski definition) is 5. The van der Waals surface area contributed by atoms with Crippen molar-refractivity contribution in [3.05, 3.63) is 23.9 Å². The van der Waals surface area contributed by atoms with E-state index in [1.54, 1.807) is 6.20 Å². The van der Waals surface area contributed by atoms with Crippen molar-refractivity contribution in [3.8, 4) is 0 Å². The zero-order valence-electron chi connectivity index (χ0n) is 13.2. The number of carbonyl (C=O) groups excluding carboxylic acids is 1. The third kappa shape index (κ3) is 8.04. The van der Waals surface area contributed by atoms with E-state index in [1.807, 2.05) is 12.1 Å². The number of amides is 1. The number of halogens is 3. The summed E-state index contributed by atoms with van der Waals surface area (Å²) in [5.41, 5.74) is 6.42. The fraction of sp³-hybridized carbons (Fsp3) is 0.571. The van der Waals surface area contributed by atoms with E-state index in [0.717, 1.165) is 37.6 Å². The molecule has 0 atom stereocenters. The molecule has 0 radical (unpaired) electrons. The first-order valence-corrected chi connectivity index (χ1v) is 7.04. The van der Waals surface area contributed by atoms with Gasteiger partial charge in [-0.15, -0.1) is 37.2 Å². The SMILES string of the molecule is CN1CCN(c2cc(CNC(=O)CCN)ccn2)CC1.Cl.Cl.Cl. The summed E-state index contributed by atoms with van der Waals surface area (Å²) in [6, 6.07) is 3.98. The number of rotatable bonds is 5. The van der Waals surface area contributed by atoms with Crippen LogP contribution in [0.3, 0.4) is 0 Å². The van der Waals surface area contributed by atoms with Gasteiger partial charge >= 0.3 is 0 Å². The standard InChI is InChI=1S/C14H23N5O.3ClH/c1-18-6-8-19(9-7-18)13-10-12(3-5-16-13)11-17-14(20)2-4-15;;;/h3,5,10H,2,4,6-9,11,15H2,1H3,(H,17,20);3*1H. The molecule has 0 aromatic carbocycles. The molecule has 1 saturated heterocycles. The van der Waals surface area contributed by atoms with Crippen molar-refractivity contribution in [2.75, 3.05) is 44.7 Å². The van der Waals surface area contributed by atoms with Crippen LogP contribution < -0.4 is 16.0 Å². The van der Waals surface area contributed by atoms with Gasteiger partial charge in [0, 0.05) is 51.9 Å². The molecule has 1 aromatic rings. The van der Waals surface area contributed by atoms with Crippen LogP contribution in [0, 0.1) is 0 Å². The number of anilines is 1. The highest BCUT2D eigenvalue weighted by molar-refractivity contribution is 5.86. The molecule has 3 N–H and O–H groups in total. The predicted octanol–water partition coefficient (Wildman–Crippen LogP) is 1.06. The Balaban J connectivity index is 0. The first-order chi connectivity index (χ1) is 9.69. The maximum Gasteiger partial charge on any atom is 0.221 e. The van der Waals surface area contributed by atoms with Crippen molar-refractivity contribution in [2.45, 2.75) is 13.0 Å². The number of piperazine rings is 1. The summed E-state index contributed by atoms with van der Waals surface area (Å²) in [5, 5.41) is 2.86. The summed E-state index contributed by atoms with van der Waals surface area (Å²) in [4.78, 5) is 20.4. The Hall–Kier alpha value is -0.790. The van der Waals surface area contributed by atoms with Gasteiger partial charge in [0.2, 0.25) is 5.91 Å². The molecule has 0 saturated carbocycles. The van der Waals surface area contributed by atoms with Crippen LogP contribution in [0.5, 0.6) is 0 Å². The zero-order valence-corrected chi connectivity index (χ0v) is 15.7. The molecule has 0 bridgehead atoms. The molecule has 9 heteroatoms. The smallest absolute Gasteiger partial charge is 0.221 e. The molecule has 2 heterocycles. The topological polar surface area (TPSA) is 74.5 Å². The van der Waals surface area contributed by atoms with Crippen molar-refractivity contribution in [1.29, 1.82) is 0 Å². The summed E-state index contributed by atoms with van der Waals surface area (Å²) in [6.45, 7) is 5.01. The molecule has 0 aliphatic carbocycles. The minimum Gasteiger partial charge on any atom is -0.354 e. The monoisotopic (exact) mass is 385 g/mol. The van der Waals surface area contributed by atoms with Gasteiger partial charge in [-0.05, 0) is 24.7 Å². The van der Waals surface area contributed by atoms with Crippen molar-refractivity contribution in [1.82, 2.24) is 15.2 Å². The summed E-state index contributed by atoms with van der Waals surface area (Å²) in [7, 11) is 2.13. The van der Waals surface area contributed by atoms with Crippen LogP contribution in [0.1, 0.15) is 12.0 Å². The second-order valence-corrected chi connectivity index (χ2v) is 5.13. The number of pyridine rings is 1. The molecule has 0 unspecified atom stereocenters. The maximum atomic E-state index is 11.4. The summed E-state index contributed by atoms with van der Waals surface area (Å²) < 4.78 is 0. The van der Waals surface area contributed by atoms with E-state index in [0.29, 0.717) is 19.5 Å². The van der Waals surface area contributed by atoms with Gasteiger partial charge in [0.25, 0.3) is 0 Å². The average molecular weight is 387 g/mol. The molecule has 1 aliphatic rings. The van der Waals surface area contributed by atoms with Crippen molar-refractivity contribution < 1.29 is 4.79 Å². The van der Waals surface area contributed by atoms with Crippen molar-refractivity contribution >= 4 is 48.9 Å². The summed E-state index contributed by atoms with van der Waals surface area (Å²) in [6.07, 6.45) is 2.18. The van der Waals surface area contributed by atoms with Gasteiger partial charge in [-0.1, -0.05) is 0 Å². The fourth-order valence-electron chi connectivity index (χ4n) is 2.20. The van der Waals surface area contributed by atoms with E-state index in [-0.39, 0.29) is 43.1 Å². The highest BCUT2D eigenvalue weighted by Crippen LogP contribution is 2.14. The quantitative estimate of drug-likeness (QED) is 0.791. The lowest BCUT2D eigenvalue weighted by Crippen LogP contribution is -2.44. The number of carbonyl (C=O) groups is 1. The number of nitrogens with two attached hydrogens (primary N) is 1. The minimum atomic E-state index is -0.00883. The van der Waals surface area contributed by atoms with Gasteiger partial charge in [-0.25, -0.2) is 4.98 Å². The number of hydrogen-bond donors (Lipinski definition) is 2. The van der Waals surface area contributed by atoms with Gasteiger partial charge in [0.05, 0.1) is 0 Å². The average Bonchev–Trinajstić information content (AvgIpc) is 2.47. The lowest BCUT2D eigenvalue weighted by Gasteiger charge is -2.33. The number of likely N-dealkylation sites (N-methyl/N-ethyl adjacent to an activating group) is 1. The molecule has 23 heavy (non-hydrogen) atoms. The molecule has 1 amide bonds. The van der Waals surface area contributed by atoms with Crippen LogP contribution in [0.25, 0.3) is 0 Å². The van der Waals surface area contributed by atoms with Crippen LogP contribution in [-0.2, 0) is 11.3 Å². The molecule has 1 aliphatic heterocycles. The number of nitrogens with zero attached hydrogens (tertiary/aromatic N) is 3. The molecule has 2 rings (SSSR count). The maximum absolute atomic E-state index is 11.4. The third-order valence-electron chi connectivity index (χ3n) is 3.50. The van der Waals surface area contributed by atoms with E-state index in [4.69, 9.17) is 5.73 Å². The molecule has 0 spiro atoms. The van der Waals surface area contributed by atoms with Gasteiger partial charge in [-0.3, -0.25) is 4.79 Å². The normalized spacial score (nSPS) is 14.1. The Morgan fingerprint density at radius 1 is 1.26 bits per heavy atom. The van der Waals surface area contributed by atoms with E-state index in [2.05, 4.69) is 27.1 Å². The molecule has 134 valence electrons. The van der Waals surface area contributed by atoms with Crippen molar-refractivity contribution in [2.24, 2.45) is 5.73 Å². The van der Waals surface area contributed by atoms with E-state index in [9.17, 15) is 4.79 Å². The Morgan fingerprint density at radius 3 is 2.52 bits per heavy atom. The van der Waals surface area contributed by atoms with Crippen LogP contribution in [0.2, 0.25) is 0 Å². The van der Waals surface area contributed by atoms with Gasteiger partial charge in [0.15, 0.2) is 0 Å². The Kier molecular flexibility index (Phi) is 13.4. The zero-order chi connectivity index (χ0) is 14.4. The second-order valence-electron chi connectivity index (χ2n) is 5.13. The van der Waals surface area contributed by atoms with Crippen LogP contribution in [0.15, 0.2) is 18.3 Å². The molecule has 6 nitrogen and oxygen atoms in total. The highest BCUT2D eigenvalue weighted by atomic mass is 35.5. The summed E-state index contributed by atoms with van der Waals surface area (Å²) in [5.74, 6) is 0.981. The van der Waals surface area contributed by atoms with Crippen LogP contribution in [-0.4, -0.2) is 55.6 Å². The summed E-state index contributed by atoms with van der Waals surface area (Å²) >= 11 is 0. The lowest BCUT2D eigenvalue weighted by molar-refractivity contribution is -0.121. The van der Waals surface area contributed by atoms with E-state index >= 15 is 0 Å². The van der Waals surface area contributed by atoms with E-state index in [1.165, 1.54) is 0 Å². The molecular formula is C14H26Cl3N5O.